The zero-order valence-corrected chi connectivity index (χ0v) is 13.5. The molecule has 0 saturated carbocycles. The van der Waals surface area contributed by atoms with Crippen LogP contribution < -0.4 is 10.2 Å². The summed E-state index contributed by atoms with van der Waals surface area (Å²) in [6.45, 7) is 5.10. The van der Waals surface area contributed by atoms with Crippen molar-refractivity contribution in [1.82, 2.24) is 0 Å². The first-order chi connectivity index (χ1) is 9.61. The maximum atomic E-state index is 11.7. The van der Waals surface area contributed by atoms with Gasteiger partial charge in [-0.25, -0.2) is 4.79 Å². The Kier molecular flexibility index (Phi) is 6.49. The van der Waals surface area contributed by atoms with Gasteiger partial charge in [-0.1, -0.05) is 0 Å². The average molecular weight is 312 g/mol. The van der Waals surface area contributed by atoms with Crippen LogP contribution in [0.2, 0.25) is 0 Å². The van der Waals surface area contributed by atoms with E-state index in [1.165, 1.54) is 4.90 Å². The fourth-order valence-electron chi connectivity index (χ4n) is 2.12. The maximum Gasteiger partial charge on any atom is 0.413 e. The minimum Gasteiger partial charge on any atom is -0.449 e. The van der Waals surface area contributed by atoms with Crippen LogP contribution in [0.3, 0.4) is 0 Å². The highest BCUT2D eigenvalue weighted by Gasteiger charge is 2.13. The predicted octanol–water partition coefficient (Wildman–Crippen LogP) is 3.61. The third-order valence-corrected chi connectivity index (χ3v) is 3.29. The molecule has 0 radical (unpaired) electrons. The lowest BCUT2D eigenvalue weighted by Crippen LogP contribution is -2.27. The summed E-state index contributed by atoms with van der Waals surface area (Å²) in [6, 6.07) is 5.85. The number of amidine groups is 1. The van der Waals surface area contributed by atoms with Gasteiger partial charge in [0, 0.05) is 31.4 Å². The van der Waals surface area contributed by atoms with Gasteiger partial charge in [0.15, 0.2) is 0 Å². The van der Waals surface area contributed by atoms with Crippen LogP contribution in [-0.2, 0) is 4.74 Å². The van der Waals surface area contributed by atoms with Crippen molar-refractivity contribution in [2.24, 2.45) is 4.99 Å². The first-order valence-electron chi connectivity index (χ1n) is 6.93. The molecular weight excluding hydrogens is 290 g/mol. The largest absolute Gasteiger partial charge is 0.449 e. The fourth-order valence-corrected chi connectivity index (χ4v) is 2.12. The Bertz CT molecular complexity index is 532. The van der Waals surface area contributed by atoms with E-state index in [9.17, 15) is 4.79 Å². The van der Waals surface area contributed by atoms with Crippen molar-refractivity contribution < 1.29 is 9.53 Å². The smallest absolute Gasteiger partial charge is 0.413 e. The van der Waals surface area contributed by atoms with Gasteiger partial charge in [0.25, 0.3) is 0 Å². The number of nitrogens with zero attached hydrogens (tertiary/aromatic N) is 2. The molecule has 0 bridgehead atoms. The van der Waals surface area contributed by atoms with E-state index in [0.29, 0.717) is 6.61 Å². The Morgan fingerprint density at radius 2 is 2.24 bits per heavy atom. The lowest BCUT2D eigenvalue weighted by molar-refractivity contribution is 0.161. The third kappa shape index (κ3) is 4.36. The number of benzene rings is 1. The molecule has 0 unspecified atom stereocenters. The van der Waals surface area contributed by atoms with Crippen molar-refractivity contribution in [3.05, 3.63) is 23.8 Å². The summed E-state index contributed by atoms with van der Waals surface area (Å²) in [5.41, 5.74) is 2.93. The Morgan fingerprint density at radius 1 is 1.48 bits per heavy atom. The molecule has 1 amide bonds. The van der Waals surface area contributed by atoms with Crippen molar-refractivity contribution in [3.8, 4) is 0 Å². The highest BCUT2D eigenvalue weighted by atomic mass is 35.5. The number of hydrogen-bond acceptors (Lipinski definition) is 4. The lowest BCUT2D eigenvalue weighted by Gasteiger charge is -2.18. The number of carbonyl (C=O) groups excluding carboxylic acids is 1. The number of hydrogen-bond donors (Lipinski definition) is 1. The molecule has 1 aromatic carbocycles. The molecule has 1 aromatic rings. The van der Waals surface area contributed by atoms with Gasteiger partial charge in [-0.2, -0.15) is 0 Å². The SMILES string of the molecule is CCOC(=O)N(C)c1ccc(NC2=NCCC2)c(C)c1.Cl. The summed E-state index contributed by atoms with van der Waals surface area (Å²) in [7, 11) is 1.71. The van der Waals surface area contributed by atoms with Crippen LogP contribution in [-0.4, -0.2) is 32.1 Å². The molecular formula is C15H22ClN3O2. The summed E-state index contributed by atoms with van der Waals surface area (Å²) in [5, 5.41) is 3.34. The molecule has 5 nitrogen and oxygen atoms in total. The van der Waals surface area contributed by atoms with E-state index in [-0.39, 0.29) is 18.5 Å². The van der Waals surface area contributed by atoms with Gasteiger partial charge in [-0.3, -0.25) is 9.89 Å². The Hall–Kier alpha value is -1.75. The van der Waals surface area contributed by atoms with E-state index < -0.39 is 0 Å². The van der Waals surface area contributed by atoms with Crippen molar-refractivity contribution in [2.75, 3.05) is 30.4 Å². The number of aliphatic imine (C=N–C) groups is 1. The standard InChI is InChI=1S/C15H21N3O2.ClH/c1-4-20-15(19)18(3)12-7-8-13(11(2)10-12)17-14-6-5-9-16-14;/h7-8,10H,4-6,9H2,1-3H3,(H,16,17);1H. The number of amides is 1. The highest BCUT2D eigenvalue weighted by molar-refractivity contribution is 5.97. The minimum atomic E-state index is -0.340. The quantitative estimate of drug-likeness (QED) is 0.927. The average Bonchev–Trinajstić information content (AvgIpc) is 2.93. The number of aryl methyl sites for hydroxylation is 1. The molecule has 0 atom stereocenters. The molecule has 2 rings (SSSR count). The van der Waals surface area contributed by atoms with Gasteiger partial charge in [-0.15, -0.1) is 12.4 Å². The van der Waals surface area contributed by atoms with E-state index in [1.807, 2.05) is 25.1 Å². The second-order valence-corrected chi connectivity index (χ2v) is 4.81. The normalized spacial score (nSPS) is 13.2. The van der Waals surface area contributed by atoms with Crippen LogP contribution in [0, 0.1) is 6.92 Å². The molecule has 116 valence electrons. The van der Waals surface area contributed by atoms with Crippen LogP contribution >= 0.6 is 12.4 Å². The molecule has 21 heavy (non-hydrogen) atoms. The monoisotopic (exact) mass is 311 g/mol. The molecule has 0 spiro atoms. The van der Waals surface area contributed by atoms with E-state index >= 15 is 0 Å². The molecule has 0 aliphatic carbocycles. The third-order valence-electron chi connectivity index (χ3n) is 3.29. The zero-order chi connectivity index (χ0) is 14.5. The highest BCUT2D eigenvalue weighted by Crippen LogP contribution is 2.23. The van der Waals surface area contributed by atoms with Gasteiger partial charge >= 0.3 is 6.09 Å². The molecule has 0 saturated heterocycles. The molecule has 1 aliphatic rings. The van der Waals surface area contributed by atoms with E-state index in [2.05, 4.69) is 10.3 Å². The molecule has 1 aliphatic heterocycles. The number of rotatable bonds is 3. The van der Waals surface area contributed by atoms with Crippen LogP contribution in [0.25, 0.3) is 0 Å². The van der Waals surface area contributed by atoms with Gasteiger partial charge in [0.05, 0.1) is 6.61 Å². The second kappa shape index (κ2) is 7.88. The van der Waals surface area contributed by atoms with Crippen LogP contribution in [0.5, 0.6) is 0 Å². The topological polar surface area (TPSA) is 53.9 Å². The summed E-state index contributed by atoms with van der Waals surface area (Å²) in [5.74, 6) is 1.04. The van der Waals surface area contributed by atoms with Crippen molar-refractivity contribution in [3.63, 3.8) is 0 Å². The maximum absolute atomic E-state index is 11.7. The second-order valence-electron chi connectivity index (χ2n) is 4.81. The summed E-state index contributed by atoms with van der Waals surface area (Å²) in [4.78, 5) is 17.6. The van der Waals surface area contributed by atoms with E-state index in [4.69, 9.17) is 4.74 Å². The summed E-state index contributed by atoms with van der Waals surface area (Å²) < 4.78 is 4.99. The van der Waals surface area contributed by atoms with Gasteiger partial charge in [0.1, 0.15) is 5.84 Å². The first-order valence-corrected chi connectivity index (χ1v) is 6.93. The van der Waals surface area contributed by atoms with Gasteiger partial charge in [-0.05, 0) is 44.0 Å². The number of nitrogens with one attached hydrogen (secondary N) is 1. The lowest BCUT2D eigenvalue weighted by atomic mass is 10.1. The van der Waals surface area contributed by atoms with E-state index in [1.54, 1.807) is 14.0 Å². The first kappa shape index (κ1) is 17.3. The fraction of sp³-hybridized carbons (Fsp3) is 0.467. The van der Waals surface area contributed by atoms with Crippen molar-refractivity contribution >= 4 is 35.7 Å². The molecule has 1 heterocycles. The number of carbonyl (C=O) groups is 1. The Morgan fingerprint density at radius 3 is 2.81 bits per heavy atom. The van der Waals surface area contributed by atoms with Crippen LogP contribution in [0.1, 0.15) is 25.3 Å². The number of anilines is 2. The molecule has 0 fully saturated rings. The Balaban J connectivity index is 0.00000220. The summed E-state index contributed by atoms with van der Waals surface area (Å²) in [6.07, 6.45) is 1.78. The summed E-state index contributed by atoms with van der Waals surface area (Å²) >= 11 is 0. The molecule has 6 heteroatoms. The Labute approximate surface area is 131 Å². The zero-order valence-electron chi connectivity index (χ0n) is 12.7. The number of ether oxygens (including phenoxy) is 1. The molecule has 1 N–H and O–H groups in total. The van der Waals surface area contributed by atoms with Crippen LogP contribution in [0.4, 0.5) is 16.2 Å². The van der Waals surface area contributed by atoms with E-state index in [0.717, 1.165) is 42.2 Å². The van der Waals surface area contributed by atoms with Gasteiger partial charge < -0.3 is 10.1 Å². The van der Waals surface area contributed by atoms with Crippen molar-refractivity contribution in [2.45, 2.75) is 26.7 Å². The van der Waals surface area contributed by atoms with Crippen LogP contribution in [0.15, 0.2) is 23.2 Å². The number of halogens is 1. The predicted molar refractivity (Wildman–Crippen MR) is 89.0 cm³/mol. The minimum absolute atomic E-state index is 0. The van der Waals surface area contributed by atoms with Gasteiger partial charge in [0.2, 0.25) is 0 Å². The molecule has 0 aromatic heterocycles. The van der Waals surface area contributed by atoms with Crippen molar-refractivity contribution in [1.29, 1.82) is 0 Å².